The highest BCUT2D eigenvalue weighted by Gasteiger charge is 2.36. The van der Waals surface area contributed by atoms with Gasteiger partial charge in [0.1, 0.15) is 6.04 Å². The lowest BCUT2D eigenvalue weighted by Gasteiger charge is -2.23. The van der Waals surface area contributed by atoms with Crippen molar-refractivity contribution in [2.24, 2.45) is 0 Å². The molecule has 0 N–H and O–H groups in total. The van der Waals surface area contributed by atoms with Crippen molar-refractivity contribution in [3.05, 3.63) is 21.4 Å². The van der Waals surface area contributed by atoms with Gasteiger partial charge in [0, 0.05) is 16.3 Å². The Morgan fingerprint density at radius 2 is 2.21 bits per heavy atom. The summed E-state index contributed by atoms with van der Waals surface area (Å²) in [7, 11) is 0. The van der Waals surface area contributed by atoms with Crippen molar-refractivity contribution in [1.29, 1.82) is 0 Å². The summed E-state index contributed by atoms with van der Waals surface area (Å²) in [4.78, 5) is 28.2. The van der Waals surface area contributed by atoms with Gasteiger partial charge in [0.15, 0.2) is 0 Å². The second kappa shape index (κ2) is 5.74. The first-order chi connectivity index (χ1) is 9.04. The molecule has 1 aromatic heterocycles. The molecule has 0 bridgehead atoms. The Morgan fingerprint density at radius 1 is 1.47 bits per heavy atom. The first-order valence-electron chi connectivity index (χ1n) is 6.59. The fourth-order valence-corrected chi connectivity index (χ4v) is 3.41. The van der Waals surface area contributed by atoms with Gasteiger partial charge in [0.25, 0.3) is 5.91 Å². The molecule has 0 aromatic carbocycles. The number of nitrogens with zero attached hydrogens (tertiary/aromatic N) is 1. The fourth-order valence-electron chi connectivity index (χ4n) is 2.49. The second-order valence-electron chi connectivity index (χ2n) is 4.74. The summed E-state index contributed by atoms with van der Waals surface area (Å²) in [6.45, 7) is 6.71. The van der Waals surface area contributed by atoms with Gasteiger partial charge in [-0.15, -0.1) is 11.3 Å². The average molecular weight is 281 g/mol. The molecule has 2 rings (SSSR count). The van der Waals surface area contributed by atoms with E-state index in [9.17, 15) is 9.59 Å². The van der Waals surface area contributed by atoms with Crippen LogP contribution < -0.4 is 0 Å². The van der Waals surface area contributed by atoms with Gasteiger partial charge in [-0.2, -0.15) is 0 Å². The number of carbonyl (C=O) groups is 2. The topological polar surface area (TPSA) is 46.6 Å². The number of likely N-dealkylation sites (tertiary alicyclic amines) is 1. The molecule has 0 radical (unpaired) electrons. The van der Waals surface area contributed by atoms with Crippen LogP contribution in [0.15, 0.2) is 6.07 Å². The smallest absolute Gasteiger partial charge is 0.328 e. The molecular weight excluding hydrogens is 262 g/mol. The largest absolute Gasteiger partial charge is 0.464 e. The van der Waals surface area contributed by atoms with Gasteiger partial charge in [-0.25, -0.2) is 4.79 Å². The van der Waals surface area contributed by atoms with Crippen molar-refractivity contribution in [2.75, 3.05) is 13.2 Å². The van der Waals surface area contributed by atoms with E-state index < -0.39 is 6.04 Å². The molecule has 0 saturated carbocycles. The van der Waals surface area contributed by atoms with Crippen LogP contribution in [0, 0.1) is 13.8 Å². The summed E-state index contributed by atoms with van der Waals surface area (Å²) in [5, 5.41) is 0. The number of carbonyl (C=O) groups excluding carboxylic acids is 2. The van der Waals surface area contributed by atoms with E-state index in [-0.39, 0.29) is 11.9 Å². The van der Waals surface area contributed by atoms with Gasteiger partial charge in [0.05, 0.1) is 12.2 Å². The molecule has 0 aliphatic carbocycles. The maximum Gasteiger partial charge on any atom is 0.328 e. The van der Waals surface area contributed by atoms with Crippen LogP contribution in [-0.2, 0) is 9.53 Å². The lowest BCUT2D eigenvalue weighted by molar-refractivity contribution is -0.147. The standard InChI is InChI=1S/C14H19NO3S/c1-4-18-14(17)12-6-5-7-15(12)13(16)11-8-9(2)19-10(11)3/h8,12H,4-7H2,1-3H3. The first kappa shape index (κ1) is 14.1. The fraction of sp³-hybridized carbons (Fsp3) is 0.571. The SMILES string of the molecule is CCOC(=O)C1CCCN1C(=O)c1cc(C)sc1C. The maximum absolute atomic E-state index is 12.5. The van der Waals surface area contributed by atoms with Crippen molar-refractivity contribution >= 4 is 23.2 Å². The van der Waals surface area contributed by atoms with Crippen molar-refractivity contribution in [1.82, 2.24) is 4.90 Å². The molecule has 5 heteroatoms. The second-order valence-corrected chi connectivity index (χ2v) is 6.20. The lowest BCUT2D eigenvalue weighted by atomic mass is 10.2. The Labute approximate surface area is 117 Å². The maximum atomic E-state index is 12.5. The molecule has 1 amide bonds. The van der Waals surface area contributed by atoms with E-state index in [0.29, 0.717) is 19.6 Å². The van der Waals surface area contributed by atoms with Crippen LogP contribution in [0.5, 0.6) is 0 Å². The molecule has 1 unspecified atom stereocenters. The quantitative estimate of drug-likeness (QED) is 0.800. The number of amides is 1. The van der Waals surface area contributed by atoms with Gasteiger partial charge in [0.2, 0.25) is 0 Å². The van der Waals surface area contributed by atoms with E-state index in [0.717, 1.165) is 21.7 Å². The van der Waals surface area contributed by atoms with Crippen LogP contribution in [-0.4, -0.2) is 36.0 Å². The minimum atomic E-state index is -0.410. The number of aryl methyl sites for hydroxylation is 2. The van der Waals surface area contributed by atoms with Crippen LogP contribution in [0.3, 0.4) is 0 Å². The van der Waals surface area contributed by atoms with Gasteiger partial charge in [-0.1, -0.05) is 0 Å². The summed E-state index contributed by atoms with van der Waals surface area (Å²) in [5.41, 5.74) is 0.721. The average Bonchev–Trinajstić information content (AvgIpc) is 2.95. The van der Waals surface area contributed by atoms with Crippen molar-refractivity contribution in [3.8, 4) is 0 Å². The predicted octanol–water partition coefficient (Wildman–Crippen LogP) is 2.53. The zero-order valence-corrected chi connectivity index (χ0v) is 12.4. The van der Waals surface area contributed by atoms with E-state index in [2.05, 4.69) is 0 Å². The van der Waals surface area contributed by atoms with Crippen molar-refractivity contribution in [2.45, 2.75) is 39.7 Å². The van der Waals surface area contributed by atoms with E-state index in [1.54, 1.807) is 23.2 Å². The minimum Gasteiger partial charge on any atom is -0.464 e. The highest BCUT2D eigenvalue weighted by atomic mass is 32.1. The van der Waals surface area contributed by atoms with E-state index in [1.807, 2.05) is 19.9 Å². The monoisotopic (exact) mass is 281 g/mol. The van der Waals surface area contributed by atoms with Gasteiger partial charge in [-0.05, 0) is 39.7 Å². The highest BCUT2D eigenvalue weighted by molar-refractivity contribution is 7.12. The van der Waals surface area contributed by atoms with E-state index in [1.165, 1.54) is 0 Å². The molecule has 1 aliphatic rings. The molecule has 1 saturated heterocycles. The summed E-state index contributed by atoms with van der Waals surface area (Å²) in [5.74, 6) is -0.324. The molecule has 1 atom stereocenters. The zero-order valence-electron chi connectivity index (χ0n) is 11.6. The summed E-state index contributed by atoms with van der Waals surface area (Å²) < 4.78 is 5.05. The molecule has 104 valence electrons. The molecule has 19 heavy (non-hydrogen) atoms. The normalized spacial score (nSPS) is 18.7. The Balaban J connectivity index is 2.18. The molecule has 4 nitrogen and oxygen atoms in total. The third-order valence-electron chi connectivity index (χ3n) is 3.34. The summed E-state index contributed by atoms with van der Waals surface area (Å²) in [6.07, 6.45) is 1.56. The van der Waals surface area contributed by atoms with Crippen molar-refractivity contribution in [3.63, 3.8) is 0 Å². The van der Waals surface area contributed by atoms with Crippen LogP contribution >= 0.6 is 11.3 Å². The predicted molar refractivity (Wildman–Crippen MR) is 74.5 cm³/mol. The van der Waals surface area contributed by atoms with Gasteiger partial charge < -0.3 is 9.64 Å². The van der Waals surface area contributed by atoms with Crippen LogP contribution in [0.1, 0.15) is 39.9 Å². The zero-order chi connectivity index (χ0) is 14.0. The number of rotatable bonds is 3. The highest BCUT2D eigenvalue weighted by Crippen LogP contribution is 2.26. The number of thiophene rings is 1. The molecular formula is C14H19NO3S. The van der Waals surface area contributed by atoms with E-state index >= 15 is 0 Å². The lowest BCUT2D eigenvalue weighted by Crippen LogP contribution is -2.41. The number of hydrogen-bond donors (Lipinski definition) is 0. The van der Waals surface area contributed by atoms with Crippen LogP contribution in [0.25, 0.3) is 0 Å². The van der Waals surface area contributed by atoms with Crippen LogP contribution in [0.4, 0.5) is 0 Å². The summed E-state index contributed by atoms with van der Waals surface area (Å²) in [6, 6.07) is 1.50. The number of ether oxygens (including phenoxy) is 1. The van der Waals surface area contributed by atoms with Crippen molar-refractivity contribution < 1.29 is 14.3 Å². The number of esters is 1. The molecule has 1 aliphatic heterocycles. The summed E-state index contributed by atoms with van der Waals surface area (Å²) >= 11 is 1.61. The molecule has 1 aromatic rings. The van der Waals surface area contributed by atoms with E-state index in [4.69, 9.17) is 4.74 Å². The molecule has 2 heterocycles. The number of hydrogen-bond acceptors (Lipinski definition) is 4. The third kappa shape index (κ3) is 2.81. The Morgan fingerprint density at radius 3 is 2.79 bits per heavy atom. The Kier molecular flexibility index (Phi) is 4.24. The Bertz CT molecular complexity index is 495. The first-order valence-corrected chi connectivity index (χ1v) is 7.41. The Hall–Kier alpha value is -1.36. The van der Waals surface area contributed by atoms with Gasteiger partial charge >= 0.3 is 5.97 Å². The molecule has 0 spiro atoms. The van der Waals surface area contributed by atoms with Crippen LogP contribution in [0.2, 0.25) is 0 Å². The third-order valence-corrected chi connectivity index (χ3v) is 4.31. The van der Waals surface area contributed by atoms with Gasteiger partial charge in [-0.3, -0.25) is 4.79 Å². The minimum absolute atomic E-state index is 0.0441. The molecule has 1 fully saturated rings.